The van der Waals surface area contributed by atoms with Crippen molar-refractivity contribution in [2.24, 2.45) is 16.4 Å². The average Bonchev–Trinajstić information content (AvgIpc) is 2.11. The van der Waals surface area contributed by atoms with Crippen molar-refractivity contribution < 1.29 is 4.79 Å². The van der Waals surface area contributed by atoms with Crippen molar-refractivity contribution in [1.29, 1.82) is 0 Å². The summed E-state index contributed by atoms with van der Waals surface area (Å²) >= 11 is 0. The van der Waals surface area contributed by atoms with Gasteiger partial charge in [0.05, 0.1) is 0 Å². The molecule has 1 heterocycles. The SMILES string of the molecule is CC(C)[C@@H]1NC(=O)N[C@@H](N=[N+]=[N-])C1(C)C. The molecule has 0 saturated carbocycles. The van der Waals surface area contributed by atoms with Gasteiger partial charge in [-0.05, 0) is 11.4 Å². The first-order valence-corrected chi connectivity index (χ1v) is 5.01. The van der Waals surface area contributed by atoms with E-state index in [2.05, 4.69) is 20.7 Å². The molecule has 84 valence electrons. The van der Waals surface area contributed by atoms with Crippen LogP contribution in [0.5, 0.6) is 0 Å². The monoisotopic (exact) mass is 211 g/mol. The summed E-state index contributed by atoms with van der Waals surface area (Å²) in [6, 6.07) is -0.271. The highest BCUT2D eigenvalue weighted by Gasteiger charge is 2.43. The van der Waals surface area contributed by atoms with Gasteiger partial charge in [0.1, 0.15) is 6.17 Å². The molecule has 0 aromatic heterocycles. The van der Waals surface area contributed by atoms with Gasteiger partial charge in [-0.1, -0.05) is 32.8 Å². The lowest BCUT2D eigenvalue weighted by molar-refractivity contribution is 0.110. The van der Waals surface area contributed by atoms with Crippen LogP contribution < -0.4 is 10.6 Å². The van der Waals surface area contributed by atoms with E-state index in [1.54, 1.807) is 0 Å². The molecule has 0 radical (unpaired) electrons. The Bertz CT molecular complexity index is 306. The third-order valence-corrected chi connectivity index (χ3v) is 2.89. The summed E-state index contributed by atoms with van der Waals surface area (Å²) in [5.41, 5.74) is 8.15. The first-order chi connectivity index (χ1) is 6.89. The second-order valence-corrected chi connectivity index (χ2v) is 4.77. The number of carbonyl (C=O) groups excluding carboxylic acids is 1. The van der Waals surface area contributed by atoms with E-state index in [1.165, 1.54) is 0 Å². The van der Waals surface area contributed by atoms with Crippen LogP contribution in [-0.2, 0) is 0 Å². The Morgan fingerprint density at radius 3 is 2.53 bits per heavy atom. The van der Waals surface area contributed by atoms with Crippen LogP contribution in [0, 0.1) is 11.3 Å². The fourth-order valence-electron chi connectivity index (χ4n) is 2.10. The second-order valence-electron chi connectivity index (χ2n) is 4.77. The van der Waals surface area contributed by atoms with Gasteiger partial charge >= 0.3 is 6.03 Å². The average molecular weight is 211 g/mol. The van der Waals surface area contributed by atoms with Crippen molar-refractivity contribution in [2.75, 3.05) is 0 Å². The van der Waals surface area contributed by atoms with Crippen LogP contribution in [0.3, 0.4) is 0 Å². The molecule has 2 amide bonds. The molecule has 0 aromatic carbocycles. The summed E-state index contributed by atoms with van der Waals surface area (Å²) in [6.45, 7) is 8.02. The maximum Gasteiger partial charge on any atom is 0.315 e. The Morgan fingerprint density at radius 1 is 1.47 bits per heavy atom. The molecule has 0 bridgehead atoms. The van der Waals surface area contributed by atoms with E-state index in [4.69, 9.17) is 5.53 Å². The molecule has 1 aliphatic rings. The zero-order chi connectivity index (χ0) is 11.6. The van der Waals surface area contributed by atoms with E-state index in [0.29, 0.717) is 5.92 Å². The minimum absolute atomic E-state index is 0.00162. The summed E-state index contributed by atoms with van der Waals surface area (Å²) < 4.78 is 0. The highest BCUT2D eigenvalue weighted by molar-refractivity contribution is 5.76. The number of hydrogen-bond acceptors (Lipinski definition) is 2. The molecular formula is C9H17N5O. The number of urea groups is 1. The Balaban J connectivity index is 3.00. The molecule has 15 heavy (non-hydrogen) atoms. The lowest BCUT2D eigenvalue weighted by atomic mass is 9.75. The Labute approximate surface area is 89.0 Å². The quantitative estimate of drug-likeness (QED) is 0.408. The van der Waals surface area contributed by atoms with Crippen molar-refractivity contribution in [3.63, 3.8) is 0 Å². The van der Waals surface area contributed by atoms with Gasteiger partial charge < -0.3 is 10.6 Å². The molecule has 6 heteroatoms. The van der Waals surface area contributed by atoms with Crippen LogP contribution in [0.25, 0.3) is 10.4 Å². The van der Waals surface area contributed by atoms with Crippen LogP contribution >= 0.6 is 0 Å². The first kappa shape index (κ1) is 11.7. The second kappa shape index (κ2) is 3.98. The maximum absolute atomic E-state index is 11.3. The van der Waals surface area contributed by atoms with Crippen LogP contribution in [0.4, 0.5) is 4.79 Å². The van der Waals surface area contributed by atoms with Gasteiger partial charge in [0.25, 0.3) is 0 Å². The zero-order valence-electron chi connectivity index (χ0n) is 9.48. The van der Waals surface area contributed by atoms with Gasteiger partial charge in [-0.2, -0.15) is 0 Å². The maximum atomic E-state index is 11.3. The van der Waals surface area contributed by atoms with Gasteiger partial charge in [0.15, 0.2) is 0 Å². The summed E-state index contributed by atoms with van der Waals surface area (Å²) in [5, 5.41) is 9.11. The van der Waals surface area contributed by atoms with Crippen LogP contribution in [0.1, 0.15) is 27.7 Å². The molecule has 1 rings (SSSR count). The van der Waals surface area contributed by atoms with Crippen molar-refractivity contribution in [2.45, 2.75) is 39.9 Å². The van der Waals surface area contributed by atoms with E-state index in [1.807, 2.05) is 27.7 Å². The van der Waals surface area contributed by atoms with Gasteiger partial charge in [-0.3, -0.25) is 0 Å². The minimum atomic E-state index is -0.497. The largest absolute Gasteiger partial charge is 0.335 e. The first-order valence-electron chi connectivity index (χ1n) is 5.01. The molecule has 2 atom stereocenters. The van der Waals surface area contributed by atoms with Crippen molar-refractivity contribution in [3.8, 4) is 0 Å². The van der Waals surface area contributed by atoms with E-state index in [-0.39, 0.29) is 17.5 Å². The lowest BCUT2D eigenvalue weighted by Crippen LogP contribution is -2.65. The Hall–Kier alpha value is -1.42. The standard InChI is InChI=1S/C9H17N5O/c1-5(2)6-9(3,4)7(13-14-10)12-8(15)11-6/h5-7H,1-4H3,(H2,11,12,15)/t6-,7-/m0/s1. The van der Waals surface area contributed by atoms with Crippen molar-refractivity contribution in [1.82, 2.24) is 10.6 Å². The van der Waals surface area contributed by atoms with E-state index in [0.717, 1.165) is 0 Å². The molecular weight excluding hydrogens is 194 g/mol. The van der Waals surface area contributed by atoms with Crippen LogP contribution in [0.2, 0.25) is 0 Å². The summed E-state index contributed by atoms with van der Waals surface area (Å²) in [4.78, 5) is 14.1. The van der Waals surface area contributed by atoms with Crippen molar-refractivity contribution in [3.05, 3.63) is 10.4 Å². The van der Waals surface area contributed by atoms with Gasteiger partial charge in [-0.15, -0.1) is 0 Å². The third kappa shape index (κ3) is 2.15. The number of rotatable bonds is 2. The number of nitrogens with one attached hydrogen (secondary N) is 2. The molecule has 2 N–H and O–H groups in total. The van der Waals surface area contributed by atoms with Crippen LogP contribution in [0.15, 0.2) is 5.11 Å². The molecule has 0 aliphatic carbocycles. The Kier molecular flexibility index (Phi) is 3.09. The van der Waals surface area contributed by atoms with Crippen LogP contribution in [-0.4, -0.2) is 18.2 Å². The van der Waals surface area contributed by atoms with E-state index >= 15 is 0 Å². The number of carbonyl (C=O) groups is 1. The van der Waals surface area contributed by atoms with Gasteiger partial charge in [0.2, 0.25) is 0 Å². The fraction of sp³-hybridized carbons (Fsp3) is 0.889. The number of nitrogens with zero attached hydrogens (tertiary/aromatic N) is 3. The Morgan fingerprint density at radius 2 is 2.07 bits per heavy atom. The topological polar surface area (TPSA) is 89.9 Å². The zero-order valence-corrected chi connectivity index (χ0v) is 9.48. The molecule has 6 nitrogen and oxygen atoms in total. The summed E-state index contributed by atoms with van der Waals surface area (Å²) in [6.07, 6.45) is -0.497. The molecule has 0 unspecified atom stereocenters. The predicted molar refractivity (Wildman–Crippen MR) is 57.0 cm³/mol. The lowest BCUT2D eigenvalue weighted by Gasteiger charge is -2.45. The molecule has 0 aromatic rings. The number of hydrogen-bond donors (Lipinski definition) is 2. The number of azide groups is 1. The molecule has 0 spiro atoms. The summed E-state index contributed by atoms with van der Waals surface area (Å²) in [5.74, 6) is 0.294. The smallest absolute Gasteiger partial charge is 0.315 e. The molecule has 1 saturated heterocycles. The fourth-order valence-corrected chi connectivity index (χ4v) is 2.10. The molecule has 1 fully saturated rings. The predicted octanol–water partition coefficient (Wildman–Crippen LogP) is 1.99. The van der Waals surface area contributed by atoms with Gasteiger partial charge in [0, 0.05) is 16.4 Å². The highest BCUT2D eigenvalue weighted by atomic mass is 16.2. The van der Waals surface area contributed by atoms with E-state index in [9.17, 15) is 4.79 Å². The van der Waals surface area contributed by atoms with E-state index < -0.39 is 6.17 Å². The van der Waals surface area contributed by atoms with Gasteiger partial charge in [-0.25, -0.2) is 4.79 Å². The van der Waals surface area contributed by atoms with Crippen molar-refractivity contribution >= 4 is 6.03 Å². The highest BCUT2D eigenvalue weighted by Crippen LogP contribution is 2.33. The molecule has 1 aliphatic heterocycles. The minimum Gasteiger partial charge on any atom is -0.335 e. The third-order valence-electron chi connectivity index (χ3n) is 2.89. The number of amides is 2. The normalized spacial score (nSPS) is 29.0. The summed E-state index contributed by atoms with van der Waals surface area (Å²) in [7, 11) is 0.